The number of hydrogen-bond donors (Lipinski definition) is 3. The van der Waals surface area contributed by atoms with E-state index in [9.17, 15) is 14.4 Å². The molecule has 9 nitrogen and oxygen atoms in total. The highest BCUT2D eigenvalue weighted by Crippen LogP contribution is 2.28. The summed E-state index contributed by atoms with van der Waals surface area (Å²) < 4.78 is 6.49. The smallest absolute Gasteiger partial charge is 0.247 e. The van der Waals surface area contributed by atoms with Crippen molar-refractivity contribution in [1.29, 1.82) is 0 Å². The Morgan fingerprint density at radius 1 is 1.12 bits per heavy atom. The molecule has 2 aliphatic rings. The van der Waals surface area contributed by atoms with Crippen LogP contribution >= 0.6 is 11.3 Å². The van der Waals surface area contributed by atoms with E-state index in [2.05, 4.69) is 53.4 Å². The van der Waals surface area contributed by atoms with Gasteiger partial charge in [0, 0.05) is 50.6 Å². The molecule has 0 radical (unpaired) electrons. The first-order chi connectivity index (χ1) is 20.7. The minimum atomic E-state index is -0.748. The van der Waals surface area contributed by atoms with Crippen molar-refractivity contribution in [1.82, 2.24) is 25.8 Å². The molecule has 3 N–H and O–H groups in total. The first-order valence-corrected chi connectivity index (χ1v) is 16.8. The highest BCUT2D eigenvalue weighted by Gasteiger charge is 2.30. The second-order valence-corrected chi connectivity index (χ2v) is 13.4. The standard InChI is InChI=1S/C33H49N5O4S/c1-5-9-30(39)35-27(19-31-36-26-13-12-25(22(2)3)18-29(26)43-31)33(41)37-28(24-10-7-6-8-11-24)20-34-32(40)23(4)21-38-14-16-42-17-15-38/h12-13,18,22,24,27-28H,4-11,14-17,19-21H2,1-3H3,(H,34,40)(H,35,39)(H,37,41)/t27-,28+/m0/s1. The first kappa shape index (κ1) is 33.1. The predicted molar refractivity (Wildman–Crippen MR) is 172 cm³/mol. The van der Waals surface area contributed by atoms with Crippen LogP contribution in [0.1, 0.15) is 82.2 Å². The largest absolute Gasteiger partial charge is 0.379 e. The Labute approximate surface area is 260 Å². The predicted octanol–water partition coefficient (Wildman–Crippen LogP) is 4.32. The van der Waals surface area contributed by atoms with E-state index in [0.717, 1.165) is 54.0 Å². The summed E-state index contributed by atoms with van der Waals surface area (Å²) in [5.74, 6) is 0.103. The fourth-order valence-electron chi connectivity index (χ4n) is 5.90. The van der Waals surface area contributed by atoms with Crippen LogP contribution in [0.3, 0.4) is 0 Å². The van der Waals surface area contributed by atoms with Crippen LogP contribution < -0.4 is 16.0 Å². The number of thiazole rings is 1. The highest BCUT2D eigenvalue weighted by atomic mass is 32.1. The number of nitrogens with zero attached hydrogens (tertiary/aromatic N) is 2. The van der Waals surface area contributed by atoms with Crippen molar-refractivity contribution in [2.45, 2.75) is 90.1 Å². The average molecular weight is 612 g/mol. The Morgan fingerprint density at radius 2 is 1.86 bits per heavy atom. The molecule has 1 aliphatic heterocycles. The monoisotopic (exact) mass is 611 g/mol. The van der Waals surface area contributed by atoms with Crippen molar-refractivity contribution in [3.05, 3.63) is 40.9 Å². The number of nitrogens with one attached hydrogen (secondary N) is 3. The number of benzene rings is 1. The lowest BCUT2D eigenvalue weighted by molar-refractivity contribution is -0.129. The van der Waals surface area contributed by atoms with Crippen LogP contribution in [-0.2, 0) is 25.5 Å². The number of fused-ring (bicyclic) bond motifs is 1. The van der Waals surface area contributed by atoms with Gasteiger partial charge in [0.05, 0.1) is 28.4 Å². The molecular weight excluding hydrogens is 562 g/mol. The van der Waals surface area contributed by atoms with Gasteiger partial charge in [-0.25, -0.2) is 4.98 Å². The van der Waals surface area contributed by atoms with Crippen molar-refractivity contribution in [3.8, 4) is 0 Å². The van der Waals surface area contributed by atoms with E-state index in [1.807, 2.05) is 13.0 Å². The minimum Gasteiger partial charge on any atom is -0.379 e. The molecule has 2 atom stereocenters. The SMILES string of the molecule is C=C(CN1CCOCC1)C(=O)NC[C@@H](NC(=O)[C@H](Cc1nc2ccc(C(C)C)cc2s1)NC(=O)CCC)C1CCCCC1. The molecule has 10 heteroatoms. The van der Waals surface area contributed by atoms with Gasteiger partial charge in [-0.1, -0.05) is 52.7 Å². The molecule has 1 saturated heterocycles. The van der Waals surface area contributed by atoms with Crippen LogP contribution in [-0.4, -0.2) is 79.1 Å². The fourth-order valence-corrected chi connectivity index (χ4v) is 6.96. The summed E-state index contributed by atoms with van der Waals surface area (Å²) in [5.41, 5.74) is 2.67. The van der Waals surface area contributed by atoms with Crippen LogP contribution in [0.25, 0.3) is 10.2 Å². The van der Waals surface area contributed by atoms with Crippen LogP contribution in [0.4, 0.5) is 0 Å². The summed E-state index contributed by atoms with van der Waals surface area (Å²) in [6.07, 6.45) is 6.77. The molecule has 1 saturated carbocycles. The van der Waals surface area contributed by atoms with Crippen molar-refractivity contribution in [3.63, 3.8) is 0 Å². The van der Waals surface area contributed by atoms with Crippen LogP contribution in [0.5, 0.6) is 0 Å². The maximum atomic E-state index is 13.8. The zero-order chi connectivity index (χ0) is 30.8. The lowest BCUT2D eigenvalue weighted by Gasteiger charge is -2.32. The van der Waals surface area contributed by atoms with Crippen LogP contribution in [0, 0.1) is 5.92 Å². The second kappa shape index (κ2) is 16.3. The second-order valence-electron chi connectivity index (χ2n) is 12.3. The Bertz CT molecular complexity index is 1250. The maximum Gasteiger partial charge on any atom is 0.247 e. The number of carbonyl (C=O) groups is 3. The zero-order valence-electron chi connectivity index (χ0n) is 26.1. The number of hydrogen-bond acceptors (Lipinski definition) is 7. The van der Waals surface area contributed by atoms with E-state index in [4.69, 9.17) is 9.72 Å². The lowest BCUT2D eigenvalue weighted by atomic mass is 9.83. The Kier molecular flexibility index (Phi) is 12.5. The van der Waals surface area contributed by atoms with E-state index in [1.54, 1.807) is 11.3 Å². The topological polar surface area (TPSA) is 113 Å². The quantitative estimate of drug-likeness (QED) is 0.275. The molecule has 1 aromatic heterocycles. The van der Waals surface area contributed by atoms with Crippen molar-refractivity contribution in [2.75, 3.05) is 39.4 Å². The summed E-state index contributed by atoms with van der Waals surface area (Å²) >= 11 is 1.57. The molecule has 2 fully saturated rings. The molecule has 0 unspecified atom stereocenters. The summed E-state index contributed by atoms with van der Waals surface area (Å²) in [7, 11) is 0. The van der Waals surface area contributed by atoms with Gasteiger partial charge in [-0.3, -0.25) is 19.3 Å². The summed E-state index contributed by atoms with van der Waals surface area (Å²) in [4.78, 5) is 46.5. The van der Waals surface area contributed by atoms with Crippen molar-refractivity contribution in [2.24, 2.45) is 5.92 Å². The Balaban J connectivity index is 1.45. The van der Waals surface area contributed by atoms with E-state index in [1.165, 1.54) is 12.0 Å². The van der Waals surface area contributed by atoms with Gasteiger partial charge in [-0.05, 0) is 48.8 Å². The number of ether oxygens (including phenoxy) is 1. The average Bonchev–Trinajstić information content (AvgIpc) is 3.41. The summed E-state index contributed by atoms with van der Waals surface area (Å²) in [6.45, 7) is 14.0. The molecule has 2 heterocycles. The van der Waals surface area contributed by atoms with Crippen molar-refractivity contribution < 1.29 is 19.1 Å². The van der Waals surface area contributed by atoms with E-state index < -0.39 is 6.04 Å². The Hall–Kier alpha value is -2.82. The third-order valence-electron chi connectivity index (χ3n) is 8.50. The first-order valence-electron chi connectivity index (χ1n) is 16.0. The molecule has 2 aromatic rings. The number of carbonyl (C=O) groups excluding carboxylic acids is 3. The minimum absolute atomic E-state index is 0.146. The van der Waals surface area contributed by atoms with E-state index in [0.29, 0.717) is 57.1 Å². The van der Waals surface area contributed by atoms with E-state index in [-0.39, 0.29) is 29.7 Å². The fraction of sp³-hybridized carbons (Fsp3) is 0.636. The third kappa shape index (κ3) is 9.84. The summed E-state index contributed by atoms with van der Waals surface area (Å²) in [5, 5.41) is 10.1. The molecule has 43 heavy (non-hydrogen) atoms. The van der Waals surface area contributed by atoms with Gasteiger partial charge in [0.25, 0.3) is 0 Å². The number of aromatic nitrogens is 1. The van der Waals surface area contributed by atoms with Gasteiger partial charge >= 0.3 is 0 Å². The van der Waals surface area contributed by atoms with Crippen LogP contribution in [0.2, 0.25) is 0 Å². The molecule has 4 rings (SSSR count). The molecule has 0 bridgehead atoms. The molecule has 236 valence electrons. The molecule has 1 aromatic carbocycles. The molecular formula is C33H49N5O4S. The van der Waals surface area contributed by atoms with Gasteiger partial charge in [0.15, 0.2) is 0 Å². The number of morpholine rings is 1. The zero-order valence-corrected chi connectivity index (χ0v) is 26.9. The molecule has 0 spiro atoms. The maximum absolute atomic E-state index is 13.8. The highest BCUT2D eigenvalue weighted by molar-refractivity contribution is 7.18. The van der Waals surface area contributed by atoms with E-state index >= 15 is 0 Å². The third-order valence-corrected chi connectivity index (χ3v) is 9.54. The molecule has 1 aliphatic carbocycles. The van der Waals surface area contributed by atoms with Gasteiger partial charge in [-0.2, -0.15) is 0 Å². The normalized spacial score (nSPS) is 17.9. The van der Waals surface area contributed by atoms with Crippen molar-refractivity contribution >= 4 is 39.3 Å². The number of rotatable bonds is 14. The van der Waals surface area contributed by atoms with Gasteiger partial charge in [-0.15, -0.1) is 11.3 Å². The Morgan fingerprint density at radius 3 is 2.56 bits per heavy atom. The van der Waals surface area contributed by atoms with Crippen LogP contribution in [0.15, 0.2) is 30.4 Å². The summed E-state index contributed by atoms with van der Waals surface area (Å²) in [6, 6.07) is 5.32. The number of amides is 3. The molecule has 3 amide bonds. The van der Waals surface area contributed by atoms with Gasteiger partial charge < -0.3 is 20.7 Å². The van der Waals surface area contributed by atoms with Gasteiger partial charge in [0.1, 0.15) is 6.04 Å². The van der Waals surface area contributed by atoms with Gasteiger partial charge in [0.2, 0.25) is 17.7 Å². The lowest BCUT2D eigenvalue weighted by Crippen LogP contribution is -2.55.